The van der Waals surface area contributed by atoms with Gasteiger partial charge in [-0.15, -0.1) is 21.5 Å². The highest BCUT2D eigenvalue weighted by molar-refractivity contribution is 7.15. The molecular weight excluding hydrogens is 586 g/mol. The third-order valence-electron chi connectivity index (χ3n) is 7.21. The highest BCUT2D eigenvalue weighted by Crippen LogP contribution is 2.36. The van der Waals surface area contributed by atoms with Crippen molar-refractivity contribution in [1.29, 1.82) is 0 Å². The number of carboxylic acids is 1. The van der Waals surface area contributed by atoms with E-state index in [2.05, 4.69) is 15.5 Å². The molecule has 0 radical (unpaired) electrons. The van der Waals surface area contributed by atoms with Crippen molar-refractivity contribution in [2.24, 2.45) is 0 Å². The average molecular weight is 618 g/mol. The minimum Gasteiger partial charge on any atom is -0.480 e. The van der Waals surface area contributed by atoms with Gasteiger partial charge in [-0.05, 0) is 48.6 Å². The molecule has 11 heteroatoms. The molecule has 0 saturated carbocycles. The van der Waals surface area contributed by atoms with Gasteiger partial charge in [0, 0.05) is 21.3 Å². The minimum atomic E-state index is -1.05. The standard InChI is InChI=1S/C32H32ClN5O4S/c1-6-19-15-22(29(41)20-11-7-9-13-23(20)33)31(43-19)38-18(2)35-36-25(38)16-34-30(42)28-27(32(3,4)5)21-12-8-10-14-24(21)37(28)17-26(39)40/h7-15H,6,16-17H2,1-5H3,(H,34,42)(H,39,40). The summed E-state index contributed by atoms with van der Waals surface area (Å²) in [4.78, 5) is 40.4. The fourth-order valence-corrected chi connectivity index (χ4v) is 6.73. The molecule has 1 amide bonds. The number of para-hydroxylation sites is 1. The van der Waals surface area contributed by atoms with E-state index in [1.54, 1.807) is 40.3 Å². The van der Waals surface area contributed by atoms with Crippen molar-refractivity contribution in [2.45, 2.75) is 59.5 Å². The van der Waals surface area contributed by atoms with E-state index in [-0.39, 0.29) is 24.6 Å². The van der Waals surface area contributed by atoms with Gasteiger partial charge < -0.3 is 15.0 Å². The first kappa shape index (κ1) is 30.2. The SMILES string of the molecule is CCc1cc(C(=O)c2ccccc2Cl)c(-n2c(C)nnc2CNC(=O)c2c(C(C)(C)C)c3ccccc3n2CC(=O)O)s1. The summed E-state index contributed by atoms with van der Waals surface area (Å²) >= 11 is 7.84. The third kappa shape index (κ3) is 5.72. The Bertz CT molecular complexity index is 1880. The zero-order chi connectivity index (χ0) is 31.1. The molecule has 3 heterocycles. The predicted octanol–water partition coefficient (Wildman–Crippen LogP) is 6.35. The lowest BCUT2D eigenvalue weighted by Crippen LogP contribution is -2.30. The van der Waals surface area contributed by atoms with Crippen molar-refractivity contribution in [1.82, 2.24) is 24.6 Å². The molecule has 0 unspecified atom stereocenters. The van der Waals surface area contributed by atoms with Gasteiger partial charge in [-0.3, -0.25) is 19.0 Å². The van der Waals surface area contributed by atoms with Crippen molar-refractivity contribution in [3.05, 3.63) is 98.5 Å². The topological polar surface area (TPSA) is 119 Å². The normalized spacial score (nSPS) is 11.7. The summed E-state index contributed by atoms with van der Waals surface area (Å²) in [6.45, 7) is 9.43. The highest BCUT2D eigenvalue weighted by Gasteiger charge is 2.31. The molecule has 0 aliphatic carbocycles. The van der Waals surface area contributed by atoms with Crippen LogP contribution in [-0.4, -0.2) is 42.1 Å². The van der Waals surface area contributed by atoms with Gasteiger partial charge in [0.15, 0.2) is 11.6 Å². The number of rotatable bonds is 9. The number of aliphatic carboxylic acids is 1. The van der Waals surface area contributed by atoms with Gasteiger partial charge in [-0.2, -0.15) is 0 Å². The molecule has 2 aromatic carbocycles. The molecule has 0 bridgehead atoms. The van der Waals surface area contributed by atoms with E-state index in [9.17, 15) is 19.5 Å². The molecule has 5 aromatic rings. The largest absolute Gasteiger partial charge is 0.480 e. The van der Waals surface area contributed by atoms with Gasteiger partial charge >= 0.3 is 5.97 Å². The zero-order valence-electron chi connectivity index (χ0n) is 24.6. The van der Waals surface area contributed by atoms with Crippen LogP contribution >= 0.6 is 22.9 Å². The van der Waals surface area contributed by atoms with Crippen molar-refractivity contribution >= 4 is 51.5 Å². The number of carbonyl (C=O) groups excluding carboxylic acids is 2. The number of thiophene rings is 1. The van der Waals surface area contributed by atoms with Crippen LogP contribution in [0.3, 0.4) is 0 Å². The van der Waals surface area contributed by atoms with Crippen LogP contribution in [0.5, 0.6) is 0 Å². The van der Waals surface area contributed by atoms with E-state index in [1.807, 2.05) is 58.0 Å². The fourth-order valence-electron chi connectivity index (χ4n) is 5.35. The molecule has 0 fully saturated rings. The van der Waals surface area contributed by atoms with E-state index in [0.717, 1.165) is 22.2 Å². The molecule has 222 valence electrons. The molecule has 43 heavy (non-hydrogen) atoms. The van der Waals surface area contributed by atoms with Crippen LogP contribution in [0.1, 0.15) is 76.2 Å². The summed E-state index contributed by atoms with van der Waals surface area (Å²) in [6, 6.07) is 16.2. The summed E-state index contributed by atoms with van der Waals surface area (Å²) in [6.07, 6.45) is 0.727. The number of carboxylic acid groups (broad SMARTS) is 1. The molecule has 5 rings (SSSR count). The Labute approximate surface area is 258 Å². The molecule has 0 saturated heterocycles. The number of ketones is 1. The van der Waals surface area contributed by atoms with Crippen LogP contribution < -0.4 is 5.32 Å². The highest BCUT2D eigenvalue weighted by atomic mass is 35.5. The number of hydrogen-bond donors (Lipinski definition) is 2. The smallest absolute Gasteiger partial charge is 0.323 e. The Hall–Kier alpha value is -4.28. The van der Waals surface area contributed by atoms with Gasteiger partial charge in [0.25, 0.3) is 5.91 Å². The average Bonchev–Trinajstić information content (AvgIpc) is 3.64. The number of benzene rings is 2. The Balaban J connectivity index is 1.55. The molecule has 9 nitrogen and oxygen atoms in total. The third-order valence-corrected chi connectivity index (χ3v) is 8.80. The number of halogens is 1. The molecular formula is C32H32ClN5O4S. The second-order valence-electron chi connectivity index (χ2n) is 11.2. The Morgan fingerprint density at radius 2 is 1.72 bits per heavy atom. The van der Waals surface area contributed by atoms with Crippen molar-refractivity contribution in [3.63, 3.8) is 0 Å². The first-order valence-corrected chi connectivity index (χ1v) is 15.1. The second-order valence-corrected chi connectivity index (χ2v) is 12.8. The van der Waals surface area contributed by atoms with E-state index < -0.39 is 17.3 Å². The van der Waals surface area contributed by atoms with Crippen LogP contribution in [0.4, 0.5) is 0 Å². The molecule has 0 spiro atoms. The van der Waals surface area contributed by atoms with E-state index in [0.29, 0.717) is 38.3 Å². The molecule has 3 aromatic heterocycles. The number of nitrogens with zero attached hydrogens (tertiary/aromatic N) is 4. The van der Waals surface area contributed by atoms with Crippen LogP contribution in [0.15, 0.2) is 54.6 Å². The summed E-state index contributed by atoms with van der Waals surface area (Å²) < 4.78 is 3.34. The number of carbonyl (C=O) groups is 3. The first-order valence-electron chi connectivity index (χ1n) is 13.9. The van der Waals surface area contributed by atoms with Gasteiger partial charge in [-0.25, -0.2) is 0 Å². The monoisotopic (exact) mass is 617 g/mol. The second kappa shape index (κ2) is 11.8. The van der Waals surface area contributed by atoms with E-state index in [4.69, 9.17) is 11.6 Å². The zero-order valence-corrected chi connectivity index (χ0v) is 26.1. The number of aromatic nitrogens is 4. The molecule has 0 atom stereocenters. The van der Waals surface area contributed by atoms with E-state index >= 15 is 0 Å². The maximum Gasteiger partial charge on any atom is 0.323 e. The number of amides is 1. The van der Waals surface area contributed by atoms with Crippen molar-refractivity contribution in [2.75, 3.05) is 0 Å². The maximum absolute atomic E-state index is 13.9. The van der Waals surface area contributed by atoms with Crippen LogP contribution in [0.2, 0.25) is 5.02 Å². The van der Waals surface area contributed by atoms with Crippen molar-refractivity contribution in [3.8, 4) is 5.00 Å². The number of nitrogens with one attached hydrogen (secondary N) is 1. The molecule has 0 aliphatic heterocycles. The van der Waals surface area contributed by atoms with Crippen LogP contribution in [0.25, 0.3) is 15.9 Å². The Kier molecular flexibility index (Phi) is 8.27. The van der Waals surface area contributed by atoms with Crippen molar-refractivity contribution < 1.29 is 19.5 Å². The Morgan fingerprint density at radius 1 is 1.02 bits per heavy atom. The summed E-state index contributed by atoms with van der Waals surface area (Å²) in [5.41, 5.74) is 2.14. The van der Waals surface area contributed by atoms with Crippen LogP contribution in [0, 0.1) is 6.92 Å². The lowest BCUT2D eigenvalue weighted by Gasteiger charge is -2.21. The lowest BCUT2D eigenvalue weighted by atomic mass is 9.84. The minimum absolute atomic E-state index is 0.00304. The summed E-state index contributed by atoms with van der Waals surface area (Å²) in [7, 11) is 0. The first-order chi connectivity index (χ1) is 20.4. The lowest BCUT2D eigenvalue weighted by molar-refractivity contribution is -0.137. The number of fused-ring (bicyclic) bond motifs is 1. The predicted molar refractivity (Wildman–Crippen MR) is 168 cm³/mol. The van der Waals surface area contributed by atoms with E-state index in [1.165, 1.54) is 11.3 Å². The van der Waals surface area contributed by atoms with Gasteiger partial charge in [0.05, 0.1) is 17.1 Å². The van der Waals surface area contributed by atoms with Gasteiger partial charge in [-0.1, -0.05) is 69.6 Å². The number of hydrogen-bond acceptors (Lipinski definition) is 6. The quantitative estimate of drug-likeness (QED) is 0.186. The van der Waals surface area contributed by atoms with Gasteiger partial charge in [0.1, 0.15) is 23.1 Å². The fraction of sp³-hybridized carbons (Fsp3) is 0.281. The van der Waals surface area contributed by atoms with Gasteiger partial charge in [0.2, 0.25) is 0 Å². The molecule has 2 N–H and O–H groups in total. The van der Waals surface area contributed by atoms with Crippen LogP contribution in [-0.2, 0) is 29.7 Å². The summed E-state index contributed by atoms with van der Waals surface area (Å²) in [5.74, 6) is -0.708. The summed E-state index contributed by atoms with van der Waals surface area (Å²) in [5, 5.41) is 23.1. The maximum atomic E-state index is 13.9. The Morgan fingerprint density at radius 3 is 2.40 bits per heavy atom. The number of aryl methyl sites for hydroxylation is 2. The molecule has 0 aliphatic rings.